The van der Waals surface area contributed by atoms with Crippen LogP contribution in [-0.2, 0) is 17.6 Å². The van der Waals surface area contributed by atoms with Gasteiger partial charge in [-0.2, -0.15) is 0 Å². The number of benzene rings is 1. The van der Waals surface area contributed by atoms with Gasteiger partial charge in [0.2, 0.25) is 0 Å². The topological polar surface area (TPSA) is 29.5 Å². The Bertz CT molecular complexity index is 544. The van der Waals surface area contributed by atoms with Gasteiger partial charge < -0.3 is 9.64 Å². The standard InChI is InChI=1S/C18H23NO2/c20-18(16-5-4-14-2-1-3-15(14)10-16)19(17-6-7-17)11-13-8-9-21-12-13/h4-5,10,13,17H,1-3,6-9,11-12H2/t13-/m1/s1. The molecule has 0 N–H and O–H groups in total. The van der Waals surface area contributed by atoms with Crippen molar-refractivity contribution >= 4 is 5.91 Å². The molecule has 1 aliphatic heterocycles. The summed E-state index contributed by atoms with van der Waals surface area (Å²) >= 11 is 0. The summed E-state index contributed by atoms with van der Waals surface area (Å²) in [6.07, 6.45) is 6.99. The molecule has 0 bridgehead atoms. The van der Waals surface area contributed by atoms with Crippen LogP contribution in [0.5, 0.6) is 0 Å². The highest BCUT2D eigenvalue weighted by atomic mass is 16.5. The Hall–Kier alpha value is -1.35. The van der Waals surface area contributed by atoms with Gasteiger partial charge in [0.05, 0.1) is 6.61 Å². The fourth-order valence-corrected chi connectivity index (χ4v) is 3.66. The molecule has 1 aromatic carbocycles. The van der Waals surface area contributed by atoms with Crippen molar-refractivity contribution in [2.45, 2.75) is 44.6 Å². The molecule has 3 nitrogen and oxygen atoms in total. The van der Waals surface area contributed by atoms with E-state index in [0.717, 1.165) is 38.2 Å². The molecule has 1 atom stereocenters. The highest BCUT2D eigenvalue weighted by Crippen LogP contribution is 2.31. The molecule has 4 rings (SSSR count). The van der Waals surface area contributed by atoms with Crippen LogP contribution in [0.15, 0.2) is 18.2 Å². The number of carbonyl (C=O) groups excluding carboxylic acids is 1. The molecule has 3 heteroatoms. The Kier molecular flexibility index (Phi) is 3.46. The third-order valence-electron chi connectivity index (χ3n) is 5.07. The van der Waals surface area contributed by atoms with Crippen LogP contribution in [0, 0.1) is 5.92 Å². The summed E-state index contributed by atoms with van der Waals surface area (Å²) in [7, 11) is 0. The van der Waals surface area contributed by atoms with Crippen molar-refractivity contribution in [2.75, 3.05) is 19.8 Å². The molecule has 0 radical (unpaired) electrons. The SMILES string of the molecule is O=C(c1ccc2c(c1)CCC2)N(C[C@H]1CCOC1)C1CC1. The summed E-state index contributed by atoms with van der Waals surface area (Å²) in [6.45, 7) is 2.55. The number of hydrogen-bond donors (Lipinski definition) is 0. The van der Waals surface area contributed by atoms with Crippen molar-refractivity contribution in [1.29, 1.82) is 0 Å². The van der Waals surface area contributed by atoms with Crippen LogP contribution in [-0.4, -0.2) is 36.6 Å². The normalized spacial score (nSPS) is 24.1. The summed E-state index contributed by atoms with van der Waals surface area (Å²) in [5, 5.41) is 0. The maximum atomic E-state index is 12.9. The monoisotopic (exact) mass is 285 g/mol. The average Bonchev–Trinajstić information content (AvgIpc) is 3.02. The number of amides is 1. The summed E-state index contributed by atoms with van der Waals surface area (Å²) in [6, 6.07) is 6.82. The van der Waals surface area contributed by atoms with Crippen molar-refractivity contribution in [2.24, 2.45) is 5.92 Å². The number of aryl methyl sites for hydroxylation is 2. The van der Waals surface area contributed by atoms with Crippen LogP contribution in [0.1, 0.15) is 47.2 Å². The molecule has 2 fully saturated rings. The first-order valence-electron chi connectivity index (χ1n) is 8.32. The molecule has 1 aromatic rings. The molecule has 0 aromatic heterocycles. The zero-order valence-electron chi connectivity index (χ0n) is 12.5. The minimum absolute atomic E-state index is 0.235. The Morgan fingerprint density at radius 1 is 1.19 bits per heavy atom. The Morgan fingerprint density at radius 2 is 2.05 bits per heavy atom. The maximum Gasteiger partial charge on any atom is 0.254 e. The molecule has 1 heterocycles. The van der Waals surface area contributed by atoms with E-state index in [2.05, 4.69) is 17.0 Å². The fourth-order valence-electron chi connectivity index (χ4n) is 3.66. The third kappa shape index (κ3) is 2.71. The molecular weight excluding hydrogens is 262 g/mol. The molecule has 1 saturated heterocycles. The third-order valence-corrected chi connectivity index (χ3v) is 5.07. The average molecular weight is 285 g/mol. The molecule has 112 valence electrons. The van der Waals surface area contributed by atoms with E-state index < -0.39 is 0 Å². The second kappa shape index (κ2) is 5.45. The second-order valence-corrected chi connectivity index (χ2v) is 6.76. The lowest BCUT2D eigenvalue weighted by Gasteiger charge is -2.25. The van der Waals surface area contributed by atoms with Crippen molar-refractivity contribution in [3.8, 4) is 0 Å². The van der Waals surface area contributed by atoms with E-state index in [9.17, 15) is 4.79 Å². The second-order valence-electron chi connectivity index (χ2n) is 6.76. The summed E-state index contributed by atoms with van der Waals surface area (Å²) in [5.74, 6) is 0.767. The van der Waals surface area contributed by atoms with Gasteiger partial charge in [0.15, 0.2) is 0 Å². The lowest BCUT2D eigenvalue weighted by molar-refractivity contribution is 0.0706. The zero-order chi connectivity index (χ0) is 14.2. The van der Waals surface area contributed by atoms with Gasteiger partial charge in [0, 0.05) is 30.7 Å². The van der Waals surface area contributed by atoms with Crippen LogP contribution in [0.3, 0.4) is 0 Å². The summed E-state index contributed by atoms with van der Waals surface area (Å²) in [5.41, 5.74) is 3.72. The predicted octanol–water partition coefficient (Wildman–Crippen LogP) is 2.82. The molecule has 0 spiro atoms. The van der Waals surface area contributed by atoms with Gasteiger partial charge in [-0.05, 0) is 61.8 Å². The van der Waals surface area contributed by atoms with E-state index in [1.165, 1.54) is 36.8 Å². The van der Waals surface area contributed by atoms with Gasteiger partial charge in [-0.25, -0.2) is 0 Å². The van der Waals surface area contributed by atoms with Gasteiger partial charge in [0.25, 0.3) is 5.91 Å². The molecule has 3 aliphatic rings. The first kappa shape index (κ1) is 13.3. The largest absolute Gasteiger partial charge is 0.381 e. The number of carbonyl (C=O) groups is 1. The van der Waals surface area contributed by atoms with Crippen LogP contribution < -0.4 is 0 Å². The van der Waals surface area contributed by atoms with E-state index in [1.807, 2.05) is 6.07 Å². The molecule has 2 aliphatic carbocycles. The highest BCUT2D eigenvalue weighted by Gasteiger charge is 2.35. The van der Waals surface area contributed by atoms with Gasteiger partial charge in [-0.3, -0.25) is 4.79 Å². The van der Waals surface area contributed by atoms with Gasteiger partial charge in [-0.15, -0.1) is 0 Å². The van der Waals surface area contributed by atoms with Gasteiger partial charge >= 0.3 is 0 Å². The van der Waals surface area contributed by atoms with Crippen LogP contribution >= 0.6 is 0 Å². The number of hydrogen-bond acceptors (Lipinski definition) is 2. The zero-order valence-corrected chi connectivity index (χ0v) is 12.5. The smallest absolute Gasteiger partial charge is 0.254 e. The predicted molar refractivity (Wildman–Crippen MR) is 81.5 cm³/mol. The van der Waals surface area contributed by atoms with Gasteiger partial charge in [-0.1, -0.05) is 6.07 Å². The number of nitrogens with zero attached hydrogens (tertiary/aromatic N) is 1. The lowest BCUT2D eigenvalue weighted by Crippen LogP contribution is -2.37. The van der Waals surface area contributed by atoms with E-state index in [1.54, 1.807) is 0 Å². The number of fused-ring (bicyclic) bond motifs is 1. The maximum absolute atomic E-state index is 12.9. The van der Waals surface area contributed by atoms with E-state index >= 15 is 0 Å². The quantitative estimate of drug-likeness (QED) is 0.851. The molecule has 1 amide bonds. The van der Waals surface area contributed by atoms with Crippen molar-refractivity contribution in [3.05, 3.63) is 34.9 Å². The first-order chi connectivity index (χ1) is 10.3. The molecule has 0 unspecified atom stereocenters. The van der Waals surface area contributed by atoms with Crippen LogP contribution in [0.4, 0.5) is 0 Å². The summed E-state index contributed by atoms with van der Waals surface area (Å²) < 4.78 is 5.47. The summed E-state index contributed by atoms with van der Waals surface area (Å²) in [4.78, 5) is 15.0. The Morgan fingerprint density at radius 3 is 2.81 bits per heavy atom. The minimum Gasteiger partial charge on any atom is -0.381 e. The number of rotatable bonds is 4. The van der Waals surface area contributed by atoms with E-state index in [0.29, 0.717) is 12.0 Å². The minimum atomic E-state index is 0.235. The highest BCUT2D eigenvalue weighted by molar-refractivity contribution is 5.95. The van der Waals surface area contributed by atoms with Crippen molar-refractivity contribution in [3.63, 3.8) is 0 Å². The van der Waals surface area contributed by atoms with Gasteiger partial charge in [0.1, 0.15) is 0 Å². The van der Waals surface area contributed by atoms with Crippen LogP contribution in [0.25, 0.3) is 0 Å². The Balaban J connectivity index is 1.53. The first-order valence-corrected chi connectivity index (χ1v) is 8.32. The van der Waals surface area contributed by atoms with E-state index in [-0.39, 0.29) is 5.91 Å². The Labute approximate surface area is 126 Å². The number of ether oxygens (including phenoxy) is 1. The van der Waals surface area contributed by atoms with Crippen molar-refractivity contribution < 1.29 is 9.53 Å². The van der Waals surface area contributed by atoms with Crippen molar-refractivity contribution in [1.82, 2.24) is 4.90 Å². The van der Waals surface area contributed by atoms with Crippen LogP contribution in [0.2, 0.25) is 0 Å². The molecule has 1 saturated carbocycles. The van der Waals surface area contributed by atoms with E-state index in [4.69, 9.17) is 4.74 Å². The molecular formula is C18H23NO2. The lowest BCUT2D eigenvalue weighted by atomic mass is 10.0. The fraction of sp³-hybridized carbons (Fsp3) is 0.611. The molecule has 21 heavy (non-hydrogen) atoms.